The number of nitrogens with zero attached hydrogens (tertiary/aromatic N) is 2. The monoisotopic (exact) mass is 406 g/mol. The predicted molar refractivity (Wildman–Crippen MR) is 109 cm³/mol. The summed E-state index contributed by atoms with van der Waals surface area (Å²) in [6, 6.07) is 7.54. The molecule has 7 heteroatoms. The zero-order chi connectivity index (χ0) is 19.1. The Morgan fingerprint density at radius 3 is 2.96 bits per heavy atom. The lowest BCUT2D eigenvalue weighted by Crippen LogP contribution is -2.37. The summed E-state index contributed by atoms with van der Waals surface area (Å²) in [6.45, 7) is 6.31. The molecule has 3 aromatic rings. The van der Waals surface area contributed by atoms with Gasteiger partial charge in [-0.25, -0.2) is 9.37 Å². The number of H-pyrrole nitrogens is 1. The molecule has 0 saturated carbocycles. The summed E-state index contributed by atoms with van der Waals surface area (Å²) in [6.07, 6.45) is 0.965. The van der Waals surface area contributed by atoms with Crippen molar-refractivity contribution in [2.24, 2.45) is 0 Å². The topological polar surface area (TPSA) is 44.0 Å². The van der Waals surface area contributed by atoms with Gasteiger partial charge in [-0.05, 0) is 50.1 Å². The molecule has 2 aromatic heterocycles. The van der Waals surface area contributed by atoms with Gasteiger partial charge >= 0.3 is 0 Å². The molecule has 0 radical (unpaired) electrons. The van der Waals surface area contributed by atoms with E-state index >= 15 is 0 Å². The molecule has 0 amide bonds. The van der Waals surface area contributed by atoms with Crippen molar-refractivity contribution in [2.75, 3.05) is 25.0 Å². The molecule has 3 heterocycles. The first-order valence-corrected chi connectivity index (χ1v) is 9.80. The van der Waals surface area contributed by atoms with Gasteiger partial charge < -0.3 is 10.3 Å². The molecule has 4 rings (SSSR count). The van der Waals surface area contributed by atoms with Crippen molar-refractivity contribution in [1.82, 2.24) is 14.9 Å². The standard InChI is InChI=1S/C20H21Cl2FN4/c1-11-16(22)10-17(23)20(25-11)24-6-8-27-7-5-14-15-9-13(21)3-4-18(15)26-19(14)12(27)2/h3-4,9-10,12,26H,5-8H2,1-2H3,(H,24,25). The third-order valence-corrected chi connectivity index (χ3v) is 5.93. The van der Waals surface area contributed by atoms with E-state index in [0.29, 0.717) is 17.3 Å². The van der Waals surface area contributed by atoms with Crippen LogP contribution in [0.4, 0.5) is 10.2 Å². The van der Waals surface area contributed by atoms with Crippen LogP contribution in [0.25, 0.3) is 10.9 Å². The van der Waals surface area contributed by atoms with Gasteiger partial charge in [0.2, 0.25) is 0 Å². The van der Waals surface area contributed by atoms with E-state index in [1.165, 1.54) is 22.7 Å². The summed E-state index contributed by atoms with van der Waals surface area (Å²) in [5.74, 6) is -0.172. The van der Waals surface area contributed by atoms with Crippen LogP contribution in [0.3, 0.4) is 0 Å². The van der Waals surface area contributed by atoms with Gasteiger partial charge in [-0.2, -0.15) is 0 Å². The Morgan fingerprint density at radius 2 is 2.15 bits per heavy atom. The maximum Gasteiger partial charge on any atom is 0.166 e. The van der Waals surface area contributed by atoms with Crippen molar-refractivity contribution in [3.63, 3.8) is 0 Å². The molecule has 1 aromatic carbocycles. The smallest absolute Gasteiger partial charge is 0.166 e. The summed E-state index contributed by atoms with van der Waals surface area (Å²) in [7, 11) is 0. The fourth-order valence-corrected chi connectivity index (χ4v) is 4.11. The zero-order valence-corrected chi connectivity index (χ0v) is 16.8. The van der Waals surface area contributed by atoms with E-state index in [1.54, 1.807) is 6.92 Å². The van der Waals surface area contributed by atoms with Gasteiger partial charge in [-0.15, -0.1) is 0 Å². The molecule has 1 unspecified atom stereocenters. The molecule has 0 saturated heterocycles. The number of halogens is 3. The van der Waals surface area contributed by atoms with Gasteiger partial charge in [0.25, 0.3) is 0 Å². The average Bonchev–Trinajstić information content (AvgIpc) is 3.00. The van der Waals surface area contributed by atoms with Gasteiger partial charge in [0.05, 0.1) is 10.7 Å². The highest BCUT2D eigenvalue weighted by atomic mass is 35.5. The van der Waals surface area contributed by atoms with E-state index in [4.69, 9.17) is 23.2 Å². The highest BCUT2D eigenvalue weighted by Gasteiger charge is 2.27. The summed E-state index contributed by atoms with van der Waals surface area (Å²) in [5, 5.41) is 5.41. The van der Waals surface area contributed by atoms with E-state index in [-0.39, 0.29) is 11.9 Å². The molecule has 1 aliphatic rings. The second-order valence-electron chi connectivity index (χ2n) is 6.98. The van der Waals surface area contributed by atoms with Crippen LogP contribution in [0, 0.1) is 12.7 Å². The maximum atomic E-state index is 14.0. The number of aromatic nitrogens is 2. The molecule has 4 nitrogen and oxygen atoms in total. The lowest BCUT2D eigenvalue weighted by molar-refractivity contribution is 0.203. The number of nitrogens with one attached hydrogen (secondary N) is 2. The van der Waals surface area contributed by atoms with Crippen molar-refractivity contribution >= 4 is 39.9 Å². The van der Waals surface area contributed by atoms with Gasteiger partial charge in [0.1, 0.15) is 0 Å². The largest absolute Gasteiger partial charge is 0.366 e. The predicted octanol–water partition coefficient (Wildman–Crippen LogP) is 5.35. The molecule has 0 bridgehead atoms. The quantitative estimate of drug-likeness (QED) is 0.613. The van der Waals surface area contributed by atoms with E-state index in [1.807, 2.05) is 18.2 Å². The number of anilines is 1. The molecule has 27 heavy (non-hydrogen) atoms. The van der Waals surface area contributed by atoms with E-state index in [2.05, 4.69) is 27.1 Å². The summed E-state index contributed by atoms with van der Waals surface area (Å²) in [5.41, 5.74) is 4.34. The minimum absolute atomic E-state index is 0.252. The Morgan fingerprint density at radius 1 is 1.33 bits per heavy atom. The number of benzene rings is 1. The van der Waals surface area contributed by atoms with Crippen molar-refractivity contribution in [1.29, 1.82) is 0 Å². The fourth-order valence-electron chi connectivity index (χ4n) is 3.80. The summed E-state index contributed by atoms with van der Waals surface area (Å²) in [4.78, 5) is 10.1. The molecule has 1 aliphatic heterocycles. The first kappa shape index (κ1) is 18.5. The van der Waals surface area contributed by atoms with Crippen molar-refractivity contribution in [3.8, 4) is 0 Å². The number of aromatic amines is 1. The van der Waals surface area contributed by atoms with E-state index in [0.717, 1.165) is 30.0 Å². The van der Waals surface area contributed by atoms with E-state index in [9.17, 15) is 4.39 Å². The zero-order valence-electron chi connectivity index (χ0n) is 15.2. The lowest BCUT2D eigenvalue weighted by Gasteiger charge is -2.33. The van der Waals surface area contributed by atoms with Crippen LogP contribution in [0.1, 0.15) is 29.9 Å². The van der Waals surface area contributed by atoms with E-state index < -0.39 is 5.82 Å². The van der Waals surface area contributed by atoms with Crippen LogP contribution in [0.5, 0.6) is 0 Å². The number of fused-ring (bicyclic) bond motifs is 3. The molecule has 0 aliphatic carbocycles. The van der Waals surface area contributed by atoms with Crippen molar-refractivity contribution in [2.45, 2.75) is 26.3 Å². The summed E-state index contributed by atoms with van der Waals surface area (Å²) >= 11 is 12.1. The van der Waals surface area contributed by atoms with Crippen molar-refractivity contribution in [3.05, 3.63) is 57.1 Å². The van der Waals surface area contributed by atoms with Crippen LogP contribution in [-0.4, -0.2) is 34.5 Å². The highest BCUT2D eigenvalue weighted by molar-refractivity contribution is 6.31. The number of pyridine rings is 1. The summed E-state index contributed by atoms with van der Waals surface area (Å²) < 4.78 is 14.0. The van der Waals surface area contributed by atoms with Crippen LogP contribution >= 0.6 is 23.2 Å². The fraction of sp³-hybridized carbons (Fsp3) is 0.350. The van der Waals surface area contributed by atoms with Gasteiger partial charge in [-0.3, -0.25) is 4.90 Å². The SMILES string of the molecule is Cc1nc(NCCN2CCc3c([nH]c4ccc(Cl)cc34)C2C)c(F)cc1Cl. The minimum Gasteiger partial charge on any atom is -0.366 e. The number of rotatable bonds is 4. The highest BCUT2D eigenvalue weighted by Crippen LogP contribution is 2.35. The van der Waals surface area contributed by atoms with Crippen LogP contribution < -0.4 is 5.32 Å². The van der Waals surface area contributed by atoms with Crippen LogP contribution in [0.15, 0.2) is 24.3 Å². The Balaban J connectivity index is 1.46. The molecule has 0 fully saturated rings. The van der Waals surface area contributed by atoms with Gasteiger partial charge in [0, 0.05) is 47.3 Å². The third-order valence-electron chi connectivity index (χ3n) is 5.31. The molecule has 0 spiro atoms. The Hall–Kier alpha value is -1.82. The van der Waals surface area contributed by atoms with Crippen LogP contribution in [-0.2, 0) is 6.42 Å². The maximum absolute atomic E-state index is 14.0. The van der Waals surface area contributed by atoms with Crippen LogP contribution in [0.2, 0.25) is 10.0 Å². The first-order valence-electron chi connectivity index (χ1n) is 9.04. The molecule has 2 N–H and O–H groups in total. The number of aryl methyl sites for hydroxylation is 1. The van der Waals surface area contributed by atoms with Gasteiger partial charge in [-0.1, -0.05) is 23.2 Å². The Bertz CT molecular complexity index is 1000. The Labute approximate surface area is 167 Å². The number of hydrogen-bond acceptors (Lipinski definition) is 3. The van der Waals surface area contributed by atoms with Crippen molar-refractivity contribution < 1.29 is 4.39 Å². The molecule has 1 atom stereocenters. The second-order valence-corrected chi connectivity index (χ2v) is 7.83. The number of hydrogen-bond donors (Lipinski definition) is 2. The third kappa shape index (κ3) is 3.51. The second kappa shape index (κ2) is 7.30. The molecular weight excluding hydrogens is 386 g/mol. The normalized spacial score (nSPS) is 17.3. The molecule has 142 valence electrons. The minimum atomic E-state index is -0.424. The molecular formula is C20H21Cl2FN4. The Kier molecular flexibility index (Phi) is 5.01. The average molecular weight is 407 g/mol. The first-order chi connectivity index (χ1) is 12.9. The lowest BCUT2D eigenvalue weighted by atomic mass is 9.98. The van der Waals surface area contributed by atoms with Gasteiger partial charge in [0.15, 0.2) is 11.6 Å².